The number of carbonyl (C=O) groups is 2. The lowest BCUT2D eigenvalue weighted by molar-refractivity contribution is -0.140. The number of anilines is 1. The maximum Gasteiger partial charge on any atom is 0.419 e. The molecule has 1 heterocycles. The summed E-state index contributed by atoms with van der Waals surface area (Å²) in [4.78, 5) is 24.5. The van der Waals surface area contributed by atoms with Crippen molar-refractivity contribution in [3.63, 3.8) is 0 Å². The van der Waals surface area contributed by atoms with Crippen LogP contribution in [0, 0.1) is 5.82 Å². The van der Waals surface area contributed by atoms with Crippen LogP contribution in [0.5, 0.6) is 0 Å². The molecule has 0 saturated carbocycles. The lowest BCUT2D eigenvalue weighted by Crippen LogP contribution is -2.42. The van der Waals surface area contributed by atoms with Crippen LogP contribution < -0.4 is 10.2 Å². The van der Waals surface area contributed by atoms with Crippen LogP contribution in [0.25, 0.3) is 0 Å². The average Bonchev–Trinajstić information content (AvgIpc) is 2.50. The Bertz CT molecular complexity index is 586. The Kier molecular flexibility index (Phi) is 3.89. The summed E-state index contributed by atoms with van der Waals surface area (Å²) in [5, 5.41) is 2.42. The minimum atomic E-state index is -4.85. The summed E-state index contributed by atoms with van der Waals surface area (Å²) >= 11 is 0. The third kappa shape index (κ3) is 3.14. The first-order chi connectivity index (χ1) is 9.70. The molecule has 1 atom stereocenters. The van der Waals surface area contributed by atoms with Gasteiger partial charge in [0, 0.05) is 18.7 Å². The Morgan fingerprint density at radius 3 is 2.57 bits per heavy atom. The summed E-state index contributed by atoms with van der Waals surface area (Å²) < 4.78 is 51.4. The molecule has 2 amide bonds. The predicted molar refractivity (Wildman–Crippen MR) is 66.0 cm³/mol. The molecule has 1 aliphatic rings. The molecular formula is C13H12F4N2O2. The van der Waals surface area contributed by atoms with Crippen LogP contribution in [0.1, 0.15) is 18.9 Å². The zero-order valence-corrected chi connectivity index (χ0v) is 11.0. The lowest BCUT2D eigenvalue weighted by Gasteiger charge is -2.23. The number of rotatable bonds is 1. The van der Waals surface area contributed by atoms with E-state index in [4.69, 9.17) is 0 Å². The van der Waals surface area contributed by atoms with E-state index in [1.165, 1.54) is 6.92 Å². The van der Waals surface area contributed by atoms with E-state index in [0.29, 0.717) is 12.1 Å². The highest BCUT2D eigenvalue weighted by Crippen LogP contribution is 2.34. The first kappa shape index (κ1) is 15.3. The Balaban J connectivity index is 2.41. The molecule has 0 bridgehead atoms. The van der Waals surface area contributed by atoms with E-state index in [1.54, 1.807) is 0 Å². The summed E-state index contributed by atoms with van der Waals surface area (Å²) in [5.74, 6) is -2.31. The second-order valence-electron chi connectivity index (χ2n) is 4.69. The fourth-order valence-corrected chi connectivity index (χ4v) is 2.09. The van der Waals surface area contributed by atoms with Crippen LogP contribution >= 0.6 is 0 Å². The highest BCUT2D eigenvalue weighted by atomic mass is 19.4. The second kappa shape index (κ2) is 5.34. The topological polar surface area (TPSA) is 49.4 Å². The molecule has 21 heavy (non-hydrogen) atoms. The number of hydrogen-bond acceptors (Lipinski definition) is 2. The van der Waals surface area contributed by atoms with Crippen LogP contribution in [-0.4, -0.2) is 24.4 Å². The van der Waals surface area contributed by atoms with Crippen molar-refractivity contribution in [3.05, 3.63) is 29.6 Å². The van der Waals surface area contributed by atoms with Crippen LogP contribution in [0.15, 0.2) is 18.2 Å². The first-order valence-electron chi connectivity index (χ1n) is 6.17. The molecule has 0 aliphatic carbocycles. The molecular weight excluding hydrogens is 292 g/mol. The Hall–Kier alpha value is -2.12. The minimum Gasteiger partial charge on any atom is -0.345 e. The van der Waals surface area contributed by atoms with E-state index in [2.05, 4.69) is 5.32 Å². The van der Waals surface area contributed by atoms with Gasteiger partial charge in [0.1, 0.15) is 11.9 Å². The number of benzene rings is 1. The van der Waals surface area contributed by atoms with E-state index in [0.717, 1.165) is 11.0 Å². The molecule has 1 unspecified atom stereocenters. The van der Waals surface area contributed by atoms with Gasteiger partial charge in [-0.1, -0.05) is 0 Å². The summed E-state index contributed by atoms with van der Waals surface area (Å²) in [6.07, 6.45) is -4.89. The van der Waals surface area contributed by atoms with Gasteiger partial charge in [-0.2, -0.15) is 13.2 Å². The Morgan fingerprint density at radius 1 is 1.29 bits per heavy atom. The Morgan fingerprint density at radius 2 is 1.95 bits per heavy atom. The largest absolute Gasteiger partial charge is 0.419 e. The van der Waals surface area contributed by atoms with Gasteiger partial charge in [0.05, 0.1) is 5.56 Å². The quantitative estimate of drug-likeness (QED) is 0.808. The van der Waals surface area contributed by atoms with Crippen molar-refractivity contribution in [2.24, 2.45) is 0 Å². The van der Waals surface area contributed by atoms with Gasteiger partial charge in [0.25, 0.3) is 0 Å². The van der Waals surface area contributed by atoms with E-state index < -0.39 is 29.5 Å². The monoisotopic (exact) mass is 304 g/mol. The van der Waals surface area contributed by atoms with Gasteiger partial charge in [-0.25, -0.2) is 4.39 Å². The molecule has 0 aromatic heterocycles. The number of nitrogens with zero attached hydrogens (tertiary/aromatic N) is 1. The molecule has 1 aromatic rings. The standard InChI is InChI=1S/C13H12F4N2O2/c1-7-12(21)19(5-4-11(20)18-7)8-2-3-10(14)9(6-8)13(15,16)17/h2-3,6-7H,4-5H2,1H3,(H,18,20). The summed E-state index contributed by atoms with van der Waals surface area (Å²) in [5.41, 5.74) is -1.53. The number of halogens is 4. The van der Waals surface area contributed by atoms with Crippen LogP contribution in [-0.2, 0) is 15.8 Å². The third-order valence-electron chi connectivity index (χ3n) is 3.14. The first-order valence-corrected chi connectivity index (χ1v) is 6.17. The van der Waals surface area contributed by atoms with Crippen molar-refractivity contribution in [1.29, 1.82) is 0 Å². The zero-order chi connectivity index (χ0) is 15.8. The van der Waals surface area contributed by atoms with Crippen LogP contribution in [0.4, 0.5) is 23.2 Å². The summed E-state index contributed by atoms with van der Waals surface area (Å²) in [6, 6.07) is 1.48. The van der Waals surface area contributed by atoms with Gasteiger partial charge in [0.2, 0.25) is 11.8 Å². The maximum absolute atomic E-state index is 13.3. The van der Waals surface area contributed by atoms with Gasteiger partial charge >= 0.3 is 6.18 Å². The number of nitrogens with one attached hydrogen (secondary N) is 1. The SMILES string of the molecule is CC1NC(=O)CCN(c2ccc(F)c(C(F)(F)F)c2)C1=O. The van der Waals surface area contributed by atoms with E-state index in [1.807, 2.05) is 0 Å². The smallest absolute Gasteiger partial charge is 0.345 e. The normalized spacial score (nSPS) is 20.2. The molecule has 8 heteroatoms. The maximum atomic E-state index is 13.3. The van der Waals surface area contributed by atoms with Crippen molar-refractivity contribution in [2.75, 3.05) is 11.4 Å². The molecule has 0 radical (unpaired) electrons. The molecule has 1 aliphatic heterocycles. The molecule has 1 aromatic carbocycles. The number of carbonyl (C=O) groups excluding carboxylic acids is 2. The Labute approximate surface area is 117 Å². The van der Waals surface area contributed by atoms with Crippen molar-refractivity contribution in [1.82, 2.24) is 5.32 Å². The van der Waals surface area contributed by atoms with E-state index in [9.17, 15) is 27.2 Å². The summed E-state index contributed by atoms with van der Waals surface area (Å²) in [7, 11) is 0. The molecule has 0 spiro atoms. The fraction of sp³-hybridized carbons (Fsp3) is 0.385. The van der Waals surface area contributed by atoms with Crippen LogP contribution in [0.2, 0.25) is 0 Å². The number of hydrogen-bond donors (Lipinski definition) is 1. The van der Waals surface area contributed by atoms with Gasteiger partial charge in [-0.05, 0) is 25.1 Å². The molecule has 4 nitrogen and oxygen atoms in total. The van der Waals surface area contributed by atoms with Gasteiger partial charge in [-0.3, -0.25) is 9.59 Å². The number of alkyl halides is 3. The molecule has 1 N–H and O–H groups in total. The number of amides is 2. The highest BCUT2D eigenvalue weighted by molar-refractivity contribution is 6.01. The van der Waals surface area contributed by atoms with E-state index >= 15 is 0 Å². The van der Waals surface area contributed by atoms with Crippen molar-refractivity contribution < 1.29 is 27.2 Å². The second-order valence-corrected chi connectivity index (χ2v) is 4.69. The fourth-order valence-electron chi connectivity index (χ4n) is 2.09. The average molecular weight is 304 g/mol. The molecule has 2 rings (SSSR count). The van der Waals surface area contributed by atoms with Crippen molar-refractivity contribution in [2.45, 2.75) is 25.6 Å². The molecule has 1 fully saturated rings. The van der Waals surface area contributed by atoms with Crippen molar-refractivity contribution in [3.8, 4) is 0 Å². The zero-order valence-electron chi connectivity index (χ0n) is 11.0. The molecule has 1 saturated heterocycles. The van der Waals surface area contributed by atoms with E-state index in [-0.39, 0.29) is 24.6 Å². The highest BCUT2D eigenvalue weighted by Gasteiger charge is 2.35. The van der Waals surface area contributed by atoms with Gasteiger partial charge in [0.15, 0.2) is 0 Å². The van der Waals surface area contributed by atoms with Gasteiger partial charge < -0.3 is 10.2 Å². The molecule has 114 valence electrons. The minimum absolute atomic E-state index is 0.0329. The van der Waals surface area contributed by atoms with Gasteiger partial charge in [-0.15, -0.1) is 0 Å². The van der Waals surface area contributed by atoms with Crippen LogP contribution in [0.3, 0.4) is 0 Å². The third-order valence-corrected chi connectivity index (χ3v) is 3.14. The van der Waals surface area contributed by atoms with Crippen molar-refractivity contribution >= 4 is 17.5 Å². The lowest BCUT2D eigenvalue weighted by atomic mass is 10.1. The predicted octanol–water partition coefficient (Wildman–Crippen LogP) is 2.09. The summed E-state index contributed by atoms with van der Waals surface area (Å²) in [6.45, 7) is 1.38.